The van der Waals surface area contributed by atoms with E-state index in [-0.39, 0.29) is 5.75 Å². The van der Waals surface area contributed by atoms with Crippen LogP contribution >= 0.6 is 0 Å². The van der Waals surface area contributed by atoms with E-state index in [1.54, 1.807) is 24.4 Å². The van der Waals surface area contributed by atoms with Crippen LogP contribution in [0, 0.1) is 11.3 Å². The third kappa shape index (κ3) is 2.77. The van der Waals surface area contributed by atoms with Crippen molar-refractivity contribution in [3.63, 3.8) is 0 Å². The van der Waals surface area contributed by atoms with E-state index >= 15 is 0 Å². The molecule has 2 aromatic heterocycles. The average molecular weight is 378 g/mol. The number of rotatable bonds is 3. The number of methoxy groups -OCH3 is 1. The monoisotopic (exact) mass is 378 g/mol. The van der Waals surface area contributed by atoms with Crippen molar-refractivity contribution in [2.45, 2.75) is 38.9 Å². The molecule has 7 heteroatoms. The lowest BCUT2D eigenvalue weighted by molar-refractivity contribution is 0.00578. The quantitative estimate of drug-likeness (QED) is 0.707. The highest BCUT2D eigenvalue weighted by atomic mass is 16.7. The van der Waals surface area contributed by atoms with Gasteiger partial charge in [-0.1, -0.05) is 0 Å². The van der Waals surface area contributed by atoms with Gasteiger partial charge in [0.2, 0.25) is 0 Å². The standard InChI is InChI=1S/C21H22BN3O3/c1-20(2)21(3,4)28-22(27-20)18-17(15-7-6-10-24-19(15)25-18)16-11-14(26-5)9-8-13(16)12-23/h6-11H,1-5H3,(H,24,25)/i5D3. The molecule has 1 saturated heterocycles. The number of hydrogen-bond donors (Lipinski definition) is 1. The molecule has 0 unspecified atom stereocenters. The van der Waals surface area contributed by atoms with E-state index in [0.29, 0.717) is 27.9 Å². The van der Waals surface area contributed by atoms with Crippen LogP contribution in [0.4, 0.5) is 0 Å². The highest BCUT2D eigenvalue weighted by Crippen LogP contribution is 2.39. The van der Waals surface area contributed by atoms with E-state index in [4.69, 9.17) is 18.2 Å². The van der Waals surface area contributed by atoms with Crippen molar-refractivity contribution in [2.75, 3.05) is 7.04 Å². The average Bonchev–Trinajstić information content (AvgIpc) is 3.14. The number of hydrogen-bond acceptors (Lipinski definition) is 5. The molecule has 0 radical (unpaired) electrons. The van der Waals surface area contributed by atoms with Crippen molar-refractivity contribution in [2.24, 2.45) is 0 Å². The number of aromatic nitrogens is 2. The lowest BCUT2D eigenvalue weighted by Gasteiger charge is -2.32. The fraction of sp³-hybridized carbons (Fsp3) is 0.333. The zero-order valence-corrected chi connectivity index (χ0v) is 16.2. The van der Waals surface area contributed by atoms with Gasteiger partial charge in [-0.25, -0.2) is 4.98 Å². The second kappa shape index (κ2) is 6.37. The van der Waals surface area contributed by atoms with Gasteiger partial charge in [0, 0.05) is 22.7 Å². The predicted molar refractivity (Wildman–Crippen MR) is 109 cm³/mol. The summed E-state index contributed by atoms with van der Waals surface area (Å²) in [6.45, 7) is 7.83. The Morgan fingerprint density at radius 3 is 2.64 bits per heavy atom. The molecule has 4 rings (SSSR count). The Kier molecular flexibility index (Phi) is 3.44. The van der Waals surface area contributed by atoms with Crippen LogP contribution in [0.2, 0.25) is 0 Å². The number of fused-ring (bicyclic) bond motifs is 1. The molecule has 0 bridgehead atoms. The van der Waals surface area contributed by atoms with Crippen LogP contribution in [0.1, 0.15) is 37.4 Å². The molecule has 0 atom stereocenters. The molecule has 3 aromatic rings. The van der Waals surface area contributed by atoms with Crippen LogP contribution in [0.15, 0.2) is 36.5 Å². The van der Waals surface area contributed by atoms with Crippen LogP contribution in [0.25, 0.3) is 22.2 Å². The molecular weight excluding hydrogens is 353 g/mol. The first kappa shape index (κ1) is 15.1. The molecule has 1 aliphatic rings. The number of H-pyrrole nitrogens is 1. The Balaban J connectivity index is 1.94. The summed E-state index contributed by atoms with van der Waals surface area (Å²) >= 11 is 0. The van der Waals surface area contributed by atoms with E-state index in [0.717, 1.165) is 5.39 Å². The molecule has 1 aliphatic heterocycles. The molecule has 6 nitrogen and oxygen atoms in total. The van der Waals surface area contributed by atoms with Gasteiger partial charge in [0.05, 0.1) is 39.6 Å². The van der Waals surface area contributed by atoms with Crippen molar-refractivity contribution in [3.05, 3.63) is 42.1 Å². The molecule has 0 aliphatic carbocycles. The predicted octanol–water partition coefficient (Wildman–Crippen LogP) is 3.41. The summed E-state index contributed by atoms with van der Waals surface area (Å²) in [7, 11) is -3.34. The van der Waals surface area contributed by atoms with Gasteiger partial charge >= 0.3 is 7.12 Å². The van der Waals surface area contributed by atoms with Gasteiger partial charge in [-0.15, -0.1) is 0 Å². The maximum atomic E-state index is 9.74. The van der Waals surface area contributed by atoms with Crippen LogP contribution in [-0.2, 0) is 9.31 Å². The van der Waals surface area contributed by atoms with E-state index < -0.39 is 25.4 Å². The number of nitrogens with zero attached hydrogens (tertiary/aromatic N) is 2. The minimum Gasteiger partial charge on any atom is -0.497 e. The van der Waals surface area contributed by atoms with Gasteiger partial charge < -0.3 is 19.0 Å². The number of nitriles is 1. The lowest BCUT2D eigenvalue weighted by Crippen LogP contribution is -2.41. The molecular formula is C21H22BN3O3. The van der Waals surface area contributed by atoms with Crippen molar-refractivity contribution in [1.82, 2.24) is 9.97 Å². The second-order valence-corrected chi connectivity index (χ2v) is 7.82. The summed E-state index contributed by atoms with van der Waals surface area (Å²) in [6.07, 6.45) is 1.66. The largest absolute Gasteiger partial charge is 0.512 e. The van der Waals surface area contributed by atoms with Crippen molar-refractivity contribution in [1.29, 1.82) is 5.26 Å². The van der Waals surface area contributed by atoms with E-state index in [1.807, 2.05) is 33.8 Å². The molecule has 3 heterocycles. The van der Waals surface area contributed by atoms with Gasteiger partial charge in [0.1, 0.15) is 11.4 Å². The minimum absolute atomic E-state index is 0.132. The Labute approximate surface area is 168 Å². The number of aromatic amines is 1. The van der Waals surface area contributed by atoms with Crippen molar-refractivity contribution >= 4 is 23.7 Å². The van der Waals surface area contributed by atoms with E-state index in [1.165, 1.54) is 6.07 Å². The van der Waals surface area contributed by atoms with Crippen LogP contribution in [0.3, 0.4) is 0 Å². The molecule has 1 N–H and O–H groups in total. The summed E-state index contributed by atoms with van der Waals surface area (Å²) in [5.74, 6) is 0.132. The van der Waals surface area contributed by atoms with Gasteiger partial charge in [0.25, 0.3) is 0 Å². The summed E-state index contributed by atoms with van der Waals surface area (Å²) in [5.41, 5.74) is 1.61. The molecule has 28 heavy (non-hydrogen) atoms. The molecule has 0 saturated carbocycles. The first-order valence-corrected chi connectivity index (χ1v) is 8.98. The summed E-state index contributed by atoms with van der Waals surface area (Å²) in [6, 6.07) is 10.4. The second-order valence-electron chi connectivity index (χ2n) is 7.82. The van der Waals surface area contributed by atoms with E-state index in [2.05, 4.69) is 16.0 Å². The Hall–Kier alpha value is -2.82. The third-order valence-corrected chi connectivity index (χ3v) is 5.59. The fourth-order valence-corrected chi connectivity index (χ4v) is 3.36. The maximum absolute atomic E-state index is 9.74. The molecule has 142 valence electrons. The molecule has 1 aromatic carbocycles. The molecule has 1 fully saturated rings. The van der Waals surface area contributed by atoms with Crippen LogP contribution < -0.4 is 10.3 Å². The number of pyridine rings is 1. The van der Waals surface area contributed by atoms with Crippen LogP contribution in [0.5, 0.6) is 5.75 Å². The Morgan fingerprint density at radius 1 is 1.21 bits per heavy atom. The van der Waals surface area contributed by atoms with Gasteiger partial charge in [-0.05, 0) is 58.0 Å². The summed E-state index contributed by atoms with van der Waals surface area (Å²) < 4.78 is 39.8. The zero-order valence-electron chi connectivity index (χ0n) is 19.2. The number of nitrogens with one attached hydrogen (secondary N) is 1. The summed E-state index contributed by atoms with van der Waals surface area (Å²) in [5, 5.41) is 10.5. The molecule has 0 amide bonds. The lowest BCUT2D eigenvalue weighted by atomic mass is 9.79. The number of ether oxygens (including phenoxy) is 1. The number of benzene rings is 1. The van der Waals surface area contributed by atoms with E-state index in [9.17, 15) is 5.26 Å². The normalized spacial score (nSPS) is 19.7. The van der Waals surface area contributed by atoms with Crippen molar-refractivity contribution < 1.29 is 18.2 Å². The van der Waals surface area contributed by atoms with Gasteiger partial charge in [-0.3, -0.25) is 0 Å². The van der Waals surface area contributed by atoms with Crippen molar-refractivity contribution in [3.8, 4) is 22.9 Å². The maximum Gasteiger partial charge on any atom is 0.512 e. The summed E-state index contributed by atoms with van der Waals surface area (Å²) in [4.78, 5) is 7.68. The Bertz CT molecular complexity index is 1180. The topological polar surface area (TPSA) is 80.2 Å². The highest BCUT2D eigenvalue weighted by Gasteiger charge is 2.53. The minimum atomic E-state index is -2.61. The van der Waals surface area contributed by atoms with Crippen LogP contribution in [-0.4, -0.2) is 35.3 Å². The third-order valence-electron chi connectivity index (χ3n) is 5.59. The highest BCUT2D eigenvalue weighted by molar-refractivity contribution is 6.64. The SMILES string of the molecule is [2H]C([2H])([2H])Oc1ccc(C#N)c(-c2c(B3OC(C)(C)C(C)(C)O3)[nH]c3ncccc23)c1. The Morgan fingerprint density at radius 2 is 1.96 bits per heavy atom. The smallest absolute Gasteiger partial charge is 0.497 e. The first-order chi connectivity index (χ1) is 14.4. The molecule has 0 spiro atoms. The fourth-order valence-electron chi connectivity index (χ4n) is 3.36. The zero-order chi connectivity index (χ0) is 22.6. The first-order valence-electron chi connectivity index (χ1n) is 10.5. The van der Waals surface area contributed by atoms with Gasteiger partial charge in [0.15, 0.2) is 0 Å². The van der Waals surface area contributed by atoms with Gasteiger partial charge in [-0.2, -0.15) is 5.26 Å².